The quantitative estimate of drug-likeness (QED) is 0.492. The van der Waals surface area contributed by atoms with Gasteiger partial charge in [0.25, 0.3) is 0 Å². The number of hydrogen-bond acceptors (Lipinski definition) is 6. The van der Waals surface area contributed by atoms with Crippen molar-refractivity contribution < 1.29 is 13.9 Å². The number of benzene rings is 1. The first-order valence-electron chi connectivity index (χ1n) is 8.91. The summed E-state index contributed by atoms with van der Waals surface area (Å²) in [5.41, 5.74) is 0.886. The Morgan fingerprint density at radius 3 is 2.79 bits per heavy atom. The summed E-state index contributed by atoms with van der Waals surface area (Å²) in [6.07, 6.45) is 1.17. The third-order valence-electron chi connectivity index (χ3n) is 4.76. The molecule has 29 heavy (non-hydrogen) atoms. The van der Waals surface area contributed by atoms with Crippen molar-refractivity contribution in [3.8, 4) is 0 Å². The van der Waals surface area contributed by atoms with Crippen LogP contribution >= 0.6 is 0 Å². The highest BCUT2D eigenvalue weighted by molar-refractivity contribution is 5.74. The zero-order valence-electron chi connectivity index (χ0n) is 15.3. The molecule has 0 bridgehead atoms. The van der Waals surface area contributed by atoms with Gasteiger partial charge in [-0.2, -0.15) is 5.10 Å². The van der Waals surface area contributed by atoms with E-state index in [1.54, 1.807) is 22.8 Å². The molecule has 1 fully saturated rings. The number of amides is 1. The fourth-order valence-electron chi connectivity index (χ4n) is 3.36. The van der Waals surface area contributed by atoms with Crippen molar-refractivity contribution in [1.29, 1.82) is 0 Å². The number of hydrogen-bond donors (Lipinski definition) is 3. The van der Waals surface area contributed by atoms with E-state index >= 15 is 0 Å². The number of carbonyl (C=O) groups excluding carboxylic acids is 1. The van der Waals surface area contributed by atoms with Gasteiger partial charge >= 0.3 is 6.09 Å². The first-order chi connectivity index (χ1) is 14.0. The number of nitrogens with zero attached hydrogens (tertiary/aromatic N) is 4. The van der Waals surface area contributed by atoms with Gasteiger partial charge in [0.05, 0.1) is 6.54 Å². The molecule has 3 N–H and O–H groups in total. The largest absolute Gasteiger partial charge is 0.428 e. The Hall–Kier alpha value is -3.95. The molecule has 1 atom stereocenters. The number of rotatable bonds is 4. The van der Waals surface area contributed by atoms with E-state index in [1.807, 2.05) is 25.1 Å². The highest BCUT2D eigenvalue weighted by atomic mass is 19.1. The Kier molecular flexibility index (Phi) is 3.73. The predicted molar refractivity (Wildman–Crippen MR) is 101 cm³/mol. The van der Waals surface area contributed by atoms with E-state index in [2.05, 4.69) is 30.9 Å². The van der Waals surface area contributed by atoms with E-state index in [1.165, 1.54) is 12.1 Å². The number of nitrogens with one attached hydrogen (secondary N) is 3. The molecule has 5 rings (SSSR count). The molecule has 1 unspecified atom stereocenters. The highest BCUT2D eigenvalue weighted by Crippen LogP contribution is 2.35. The van der Waals surface area contributed by atoms with Crippen molar-refractivity contribution in [3.63, 3.8) is 0 Å². The number of H-pyrrole nitrogens is 1. The third kappa shape index (κ3) is 2.85. The average Bonchev–Trinajstić information content (AvgIpc) is 3.43. The van der Waals surface area contributed by atoms with E-state index < -0.39 is 11.7 Å². The van der Waals surface area contributed by atoms with E-state index in [4.69, 9.17) is 4.74 Å². The fraction of sp³-hybridized carbons (Fsp3) is 0.158. The molecule has 0 saturated carbocycles. The summed E-state index contributed by atoms with van der Waals surface area (Å²) < 4.78 is 20.7. The van der Waals surface area contributed by atoms with Gasteiger partial charge in [-0.15, -0.1) is 5.10 Å². The second-order valence-corrected chi connectivity index (χ2v) is 6.76. The van der Waals surface area contributed by atoms with Gasteiger partial charge in [0, 0.05) is 23.5 Å². The predicted octanol–water partition coefficient (Wildman–Crippen LogP) is 2.63. The molecule has 0 radical (unpaired) electrons. The van der Waals surface area contributed by atoms with Crippen molar-refractivity contribution in [2.45, 2.75) is 12.5 Å². The summed E-state index contributed by atoms with van der Waals surface area (Å²) in [5.74, 6) is 0.948. The van der Waals surface area contributed by atoms with Gasteiger partial charge in [-0.05, 0) is 31.2 Å². The molecule has 10 heteroatoms. The molecule has 1 saturated heterocycles. The van der Waals surface area contributed by atoms with Crippen LogP contribution in [0.1, 0.15) is 17.1 Å². The average molecular weight is 393 g/mol. The van der Waals surface area contributed by atoms with Crippen molar-refractivity contribution in [2.24, 2.45) is 0 Å². The second-order valence-electron chi connectivity index (χ2n) is 6.76. The van der Waals surface area contributed by atoms with Crippen LogP contribution in [-0.2, 0) is 10.3 Å². The Balaban J connectivity index is 1.67. The van der Waals surface area contributed by atoms with E-state index in [-0.39, 0.29) is 18.2 Å². The van der Waals surface area contributed by atoms with Crippen molar-refractivity contribution >= 4 is 23.2 Å². The smallest absolute Gasteiger partial charge is 0.408 e. The third-order valence-corrected chi connectivity index (χ3v) is 4.76. The maximum Gasteiger partial charge on any atom is 0.408 e. The van der Waals surface area contributed by atoms with Gasteiger partial charge in [0.1, 0.15) is 11.3 Å². The van der Waals surface area contributed by atoms with Crippen LogP contribution in [0.15, 0.2) is 48.7 Å². The lowest BCUT2D eigenvalue weighted by Gasteiger charge is -2.25. The minimum absolute atomic E-state index is 0.116. The number of ether oxygens (including phenoxy) is 1. The van der Waals surface area contributed by atoms with Gasteiger partial charge in [0.15, 0.2) is 11.6 Å². The lowest BCUT2D eigenvalue weighted by molar-refractivity contribution is 0.0792. The molecule has 3 aromatic heterocycles. The molecular weight excluding hydrogens is 377 g/mol. The minimum atomic E-state index is -1.29. The summed E-state index contributed by atoms with van der Waals surface area (Å²) >= 11 is 0. The van der Waals surface area contributed by atoms with Crippen LogP contribution in [0.4, 0.5) is 20.8 Å². The number of fused-ring (bicyclic) bond motifs is 1. The first kappa shape index (κ1) is 17.2. The summed E-state index contributed by atoms with van der Waals surface area (Å²) in [6, 6.07) is 11.3. The van der Waals surface area contributed by atoms with Gasteiger partial charge in [-0.3, -0.25) is 5.10 Å². The van der Waals surface area contributed by atoms with Gasteiger partial charge in [0.2, 0.25) is 11.4 Å². The molecule has 146 valence electrons. The van der Waals surface area contributed by atoms with Crippen LogP contribution in [0.3, 0.4) is 0 Å². The topological polar surface area (TPSA) is 109 Å². The van der Waals surface area contributed by atoms with Crippen molar-refractivity contribution in [3.05, 3.63) is 71.6 Å². The molecule has 4 aromatic rings. The number of halogens is 1. The summed E-state index contributed by atoms with van der Waals surface area (Å²) in [5, 5.41) is 17.4. The Morgan fingerprint density at radius 1 is 1.28 bits per heavy atom. The van der Waals surface area contributed by atoms with Crippen LogP contribution in [0.25, 0.3) is 5.52 Å². The molecule has 1 aliphatic rings. The van der Waals surface area contributed by atoms with Crippen LogP contribution < -0.4 is 10.6 Å². The lowest BCUT2D eigenvalue weighted by Crippen LogP contribution is -2.35. The molecule has 1 aliphatic heterocycles. The molecule has 0 spiro atoms. The molecular formula is C19H16FN7O2. The number of aromatic nitrogens is 5. The van der Waals surface area contributed by atoms with Crippen molar-refractivity contribution in [2.75, 3.05) is 11.9 Å². The van der Waals surface area contributed by atoms with E-state index in [9.17, 15) is 9.18 Å². The Bertz CT molecular complexity index is 1220. The summed E-state index contributed by atoms with van der Waals surface area (Å²) in [7, 11) is 0. The maximum atomic E-state index is 13.5. The van der Waals surface area contributed by atoms with Crippen LogP contribution in [0.2, 0.25) is 0 Å². The van der Waals surface area contributed by atoms with Gasteiger partial charge in [-0.1, -0.05) is 12.1 Å². The molecule has 9 nitrogen and oxygen atoms in total. The number of aryl methyl sites for hydroxylation is 1. The summed E-state index contributed by atoms with van der Waals surface area (Å²) in [4.78, 5) is 16.6. The van der Waals surface area contributed by atoms with Crippen LogP contribution in [0.5, 0.6) is 0 Å². The van der Waals surface area contributed by atoms with Gasteiger partial charge < -0.3 is 15.4 Å². The second kappa shape index (κ2) is 6.30. The first-order valence-corrected chi connectivity index (χ1v) is 8.91. The molecule has 4 heterocycles. The van der Waals surface area contributed by atoms with E-state index in [0.717, 1.165) is 11.2 Å². The zero-order chi connectivity index (χ0) is 20.0. The monoisotopic (exact) mass is 393 g/mol. The Labute approximate surface area is 163 Å². The normalized spacial score (nSPS) is 18.6. The Morgan fingerprint density at radius 2 is 2.10 bits per heavy atom. The highest BCUT2D eigenvalue weighted by Gasteiger charge is 2.47. The van der Waals surface area contributed by atoms with Gasteiger partial charge in [-0.25, -0.2) is 18.7 Å². The van der Waals surface area contributed by atoms with Crippen LogP contribution in [-0.4, -0.2) is 37.4 Å². The summed E-state index contributed by atoms with van der Waals surface area (Å²) in [6.45, 7) is 2.01. The molecule has 0 aliphatic carbocycles. The number of aromatic amines is 1. The minimum Gasteiger partial charge on any atom is -0.428 e. The molecule has 1 aromatic carbocycles. The van der Waals surface area contributed by atoms with Crippen molar-refractivity contribution in [1.82, 2.24) is 30.1 Å². The van der Waals surface area contributed by atoms with E-state index in [0.29, 0.717) is 17.2 Å². The maximum absolute atomic E-state index is 13.5. The lowest BCUT2D eigenvalue weighted by atomic mass is 9.93. The number of carbonyl (C=O) groups is 1. The number of cyclic esters (lactones) is 1. The standard InChI is InChI=1S/C19H16FN7O2/c1-11-9-15(25-24-11)22-16-14-3-2-8-27(14)26-17(23-16)19(10-21-18(28)29-19)12-4-6-13(20)7-5-12/h2-9H,10H2,1H3,(H,21,28)(H2,22,23,24,25,26). The zero-order valence-corrected chi connectivity index (χ0v) is 15.3. The fourth-order valence-corrected chi connectivity index (χ4v) is 3.36. The SMILES string of the molecule is Cc1cc(Nc2nc(C3(c4ccc(F)cc4)CNC(=O)O3)nn3cccc23)n[nH]1. The number of anilines is 2. The number of alkyl carbamates (subject to hydrolysis) is 1. The molecule has 1 amide bonds. The van der Waals surface area contributed by atoms with Crippen LogP contribution in [0, 0.1) is 12.7 Å².